The largest absolute Gasteiger partial charge is 0.459 e. The Bertz CT molecular complexity index is 913. The molecule has 0 radical (unpaired) electrons. The van der Waals surface area contributed by atoms with Crippen LogP contribution in [-0.2, 0) is 39.9 Å². The zero-order valence-electron chi connectivity index (χ0n) is 22.7. The highest BCUT2D eigenvalue weighted by molar-refractivity contribution is 5.98. The molecule has 1 heterocycles. The number of rotatable bonds is 9. The number of ether oxygens (including phenoxy) is 4. The molecular formula is C27H40N2O8. The van der Waals surface area contributed by atoms with E-state index in [2.05, 4.69) is 5.32 Å². The van der Waals surface area contributed by atoms with Gasteiger partial charge in [0.1, 0.15) is 24.4 Å². The van der Waals surface area contributed by atoms with Gasteiger partial charge in [0.05, 0.1) is 6.10 Å². The molecular weight excluding hydrogens is 480 g/mol. The van der Waals surface area contributed by atoms with Gasteiger partial charge in [-0.1, -0.05) is 30.3 Å². The molecule has 10 nitrogen and oxygen atoms in total. The van der Waals surface area contributed by atoms with Crippen LogP contribution in [0.25, 0.3) is 0 Å². The Balaban J connectivity index is 1.90. The van der Waals surface area contributed by atoms with Crippen molar-refractivity contribution in [1.82, 2.24) is 10.2 Å². The van der Waals surface area contributed by atoms with Crippen LogP contribution in [0.4, 0.5) is 4.79 Å². The number of amides is 2. The van der Waals surface area contributed by atoms with Crippen molar-refractivity contribution in [2.45, 2.75) is 78.3 Å². The Kier molecular flexibility index (Phi) is 10.9. The maximum Gasteiger partial charge on any atom is 0.407 e. The number of esters is 2. The first kappa shape index (κ1) is 30.1. The molecule has 0 bridgehead atoms. The molecule has 1 aromatic rings. The lowest BCUT2D eigenvalue weighted by atomic mass is 10.0. The van der Waals surface area contributed by atoms with E-state index in [0.29, 0.717) is 25.9 Å². The summed E-state index contributed by atoms with van der Waals surface area (Å²) in [7, 11) is 0. The maximum atomic E-state index is 13.3. The van der Waals surface area contributed by atoms with Gasteiger partial charge in [0.25, 0.3) is 0 Å². The van der Waals surface area contributed by atoms with E-state index in [9.17, 15) is 19.2 Å². The zero-order chi connectivity index (χ0) is 27.6. The van der Waals surface area contributed by atoms with Gasteiger partial charge in [0, 0.05) is 19.6 Å². The third kappa shape index (κ3) is 11.6. The molecule has 1 saturated heterocycles. The van der Waals surface area contributed by atoms with Gasteiger partial charge in [-0.3, -0.25) is 9.59 Å². The standard InChI is InChI=1S/C27H40N2O8/c1-26(2,3)36-22(30)18-34-20-12-14-29(15-13-20)23(31)21(24(32)37-27(4,5)6)16-28-25(33)35-17-19-10-8-7-9-11-19/h7-11,20-21H,12-18H2,1-6H3,(H,28,33). The van der Waals surface area contributed by atoms with Crippen LogP contribution >= 0.6 is 0 Å². The number of nitrogens with zero attached hydrogens (tertiary/aromatic N) is 1. The van der Waals surface area contributed by atoms with E-state index in [-0.39, 0.29) is 25.9 Å². The van der Waals surface area contributed by atoms with Gasteiger partial charge in [-0.15, -0.1) is 0 Å². The first-order valence-corrected chi connectivity index (χ1v) is 12.5. The first-order chi connectivity index (χ1) is 17.2. The number of nitrogens with one attached hydrogen (secondary N) is 1. The number of carbonyl (C=O) groups excluding carboxylic acids is 4. The summed E-state index contributed by atoms with van der Waals surface area (Å²) < 4.78 is 21.5. The minimum absolute atomic E-state index is 0.0640. The van der Waals surface area contributed by atoms with Crippen LogP contribution in [0, 0.1) is 5.92 Å². The van der Waals surface area contributed by atoms with Crippen LogP contribution in [0.5, 0.6) is 0 Å². The molecule has 10 heteroatoms. The predicted molar refractivity (Wildman–Crippen MR) is 135 cm³/mol. The fraction of sp³-hybridized carbons (Fsp3) is 0.630. The number of benzene rings is 1. The molecule has 1 aliphatic rings. The molecule has 0 aliphatic carbocycles. The first-order valence-electron chi connectivity index (χ1n) is 12.5. The van der Waals surface area contributed by atoms with Gasteiger partial charge in [-0.05, 0) is 59.9 Å². The second kappa shape index (κ2) is 13.4. The van der Waals surface area contributed by atoms with Gasteiger partial charge in [0.2, 0.25) is 5.91 Å². The van der Waals surface area contributed by atoms with Crippen LogP contribution in [0.1, 0.15) is 59.9 Å². The van der Waals surface area contributed by atoms with Gasteiger partial charge < -0.3 is 29.2 Å². The summed E-state index contributed by atoms with van der Waals surface area (Å²) in [4.78, 5) is 51.8. The summed E-state index contributed by atoms with van der Waals surface area (Å²) in [6.45, 7) is 10.8. The van der Waals surface area contributed by atoms with Gasteiger partial charge >= 0.3 is 18.0 Å². The summed E-state index contributed by atoms with van der Waals surface area (Å²) in [6.07, 6.45) is 0.0617. The molecule has 0 saturated carbocycles. The smallest absolute Gasteiger partial charge is 0.407 e. The van der Waals surface area contributed by atoms with Crippen LogP contribution in [0.15, 0.2) is 30.3 Å². The topological polar surface area (TPSA) is 120 Å². The third-order valence-electron chi connectivity index (χ3n) is 5.26. The predicted octanol–water partition coefficient (Wildman–Crippen LogP) is 3.22. The second-order valence-corrected chi connectivity index (χ2v) is 11.0. The fourth-order valence-electron chi connectivity index (χ4n) is 3.62. The Morgan fingerprint density at radius 3 is 2.11 bits per heavy atom. The summed E-state index contributed by atoms with van der Waals surface area (Å²) >= 11 is 0. The van der Waals surface area contributed by atoms with E-state index in [4.69, 9.17) is 18.9 Å². The second-order valence-electron chi connectivity index (χ2n) is 11.0. The molecule has 2 amide bonds. The minimum atomic E-state index is -1.22. The molecule has 1 aliphatic heterocycles. The van der Waals surface area contributed by atoms with Crippen molar-refractivity contribution in [3.63, 3.8) is 0 Å². The molecule has 37 heavy (non-hydrogen) atoms. The number of hydrogen-bond donors (Lipinski definition) is 1. The molecule has 1 N–H and O–H groups in total. The molecule has 1 atom stereocenters. The quantitative estimate of drug-likeness (QED) is 0.299. The van der Waals surface area contributed by atoms with Crippen molar-refractivity contribution in [2.75, 3.05) is 26.2 Å². The molecule has 1 aromatic carbocycles. The SMILES string of the molecule is CC(C)(C)OC(=O)COC1CCN(C(=O)C(CNC(=O)OCc2ccccc2)C(=O)OC(C)(C)C)CC1. The average Bonchev–Trinajstić information content (AvgIpc) is 2.80. The van der Waals surface area contributed by atoms with Gasteiger partial charge in [0.15, 0.2) is 5.92 Å². The number of likely N-dealkylation sites (tertiary alicyclic amines) is 1. The van der Waals surface area contributed by atoms with Gasteiger partial charge in [-0.25, -0.2) is 9.59 Å². The maximum absolute atomic E-state index is 13.3. The van der Waals surface area contributed by atoms with E-state index >= 15 is 0 Å². The van der Waals surface area contributed by atoms with E-state index in [1.807, 2.05) is 30.3 Å². The van der Waals surface area contributed by atoms with Crippen LogP contribution in [-0.4, -0.2) is 72.4 Å². The van der Waals surface area contributed by atoms with E-state index in [1.54, 1.807) is 46.4 Å². The van der Waals surface area contributed by atoms with Crippen LogP contribution < -0.4 is 5.32 Å². The molecule has 1 fully saturated rings. The highest BCUT2D eigenvalue weighted by atomic mass is 16.6. The van der Waals surface area contributed by atoms with Crippen molar-refractivity contribution in [2.24, 2.45) is 5.92 Å². The van der Waals surface area contributed by atoms with Crippen molar-refractivity contribution in [3.8, 4) is 0 Å². The number of hydrogen-bond acceptors (Lipinski definition) is 8. The highest BCUT2D eigenvalue weighted by Crippen LogP contribution is 2.19. The van der Waals surface area contributed by atoms with Crippen molar-refractivity contribution >= 4 is 23.9 Å². The molecule has 1 unspecified atom stereocenters. The third-order valence-corrected chi connectivity index (χ3v) is 5.26. The summed E-state index contributed by atoms with van der Waals surface area (Å²) in [6, 6.07) is 9.16. The highest BCUT2D eigenvalue weighted by Gasteiger charge is 2.36. The Hall–Kier alpha value is -3.14. The summed E-state index contributed by atoms with van der Waals surface area (Å²) in [5.74, 6) is -2.82. The van der Waals surface area contributed by atoms with Crippen LogP contribution in [0.2, 0.25) is 0 Å². The molecule has 206 valence electrons. The van der Waals surface area contributed by atoms with Crippen LogP contribution in [0.3, 0.4) is 0 Å². The number of alkyl carbamates (subject to hydrolysis) is 1. The normalized spacial score (nSPS) is 15.5. The number of piperidine rings is 1. The molecule has 2 rings (SSSR count). The Morgan fingerprint density at radius 2 is 1.54 bits per heavy atom. The molecule has 0 spiro atoms. The van der Waals surface area contributed by atoms with E-state index in [1.165, 1.54) is 0 Å². The van der Waals surface area contributed by atoms with Crippen molar-refractivity contribution < 1.29 is 38.1 Å². The van der Waals surface area contributed by atoms with Crippen molar-refractivity contribution in [3.05, 3.63) is 35.9 Å². The average molecular weight is 521 g/mol. The zero-order valence-corrected chi connectivity index (χ0v) is 22.7. The monoisotopic (exact) mass is 520 g/mol. The molecule has 0 aromatic heterocycles. The lowest BCUT2D eigenvalue weighted by Gasteiger charge is -2.34. The summed E-state index contributed by atoms with van der Waals surface area (Å²) in [5.41, 5.74) is -0.574. The van der Waals surface area contributed by atoms with E-state index < -0.39 is 41.1 Å². The lowest BCUT2D eigenvalue weighted by Crippen LogP contribution is -2.50. The minimum Gasteiger partial charge on any atom is -0.459 e. The van der Waals surface area contributed by atoms with E-state index in [0.717, 1.165) is 5.56 Å². The Morgan fingerprint density at radius 1 is 0.946 bits per heavy atom. The summed E-state index contributed by atoms with van der Waals surface area (Å²) in [5, 5.41) is 2.51. The van der Waals surface area contributed by atoms with Crippen molar-refractivity contribution in [1.29, 1.82) is 0 Å². The fourth-order valence-corrected chi connectivity index (χ4v) is 3.62. The number of carbonyl (C=O) groups is 4. The Labute approximate surface area is 218 Å². The van der Waals surface area contributed by atoms with Gasteiger partial charge in [-0.2, -0.15) is 0 Å². The lowest BCUT2D eigenvalue weighted by molar-refractivity contribution is -0.167.